The topological polar surface area (TPSA) is 3.24 Å². The highest BCUT2D eigenvalue weighted by Crippen LogP contribution is 2.33. The SMILES string of the molecule is [B]N1CCC[C@@H]2CCCC[C@H]21. The van der Waals surface area contributed by atoms with Gasteiger partial charge in [0, 0.05) is 6.04 Å². The van der Waals surface area contributed by atoms with Crippen LogP contribution in [0.25, 0.3) is 0 Å². The van der Waals surface area contributed by atoms with Crippen molar-refractivity contribution in [2.45, 2.75) is 44.6 Å². The molecule has 2 aliphatic rings. The summed E-state index contributed by atoms with van der Waals surface area (Å²) >= 11 is 0. The fourth-order valence-electron chi connectivity index (χ4n) is 2.66. The molecular weight excluding hydrogens is 133 g/mol. The second-order valence-corrected chi connectivity index (χ2v) is 3.99. The molecule has 60 valence electrons. The van der Waals surface area contributed by atoms with Gasteiger partial charge in [-0.3, -0.25) is 0 Å². The lowest BCUT2D eigenvalue weighted by Gasteiger charge is -2.42. The highest BCUT2D eigenvalue weighted by Gasteiger charge is 2.30. The minimum atomic E-state index is 0.734. The summed E-state index contributed by atoms with van der Waals surface area (Å²) in [6.45, 7) is 1.13. The van der Waals surface area contributed by atoms with Crippen molar-refractivity contribution in [3.05, 3.63) is 0 Å². The van der Waals surface area contributed by atoms with Gasteiger partial charge < -0.3 is 4.81 Å². The Labute approximate surface area is 70.6 Å². The Bertz CT molecular complexity index is 136. The molecule has 1 aliphatic heterocycles. The van der Waals surface area contributed by atoms with E-state index in [2.05, 4.69) is 4.81 Å². The van der Waals surface area contributed by atoms with Crippen LogP contribution < -0.4 is 0 Å². The van der Waals surface area contributed by atoms with Gasteiger partial charge in [-0.1, -0.05) is 12.8 Å². The Morgan fingerprint density at radius 2 is 1.73 bits per heavy atom. The van der Waals surface area contributed by atoms with Gasteiger partial charge >= 0.3 is 0 Å². The molecule has 2 fully saturated rings. The minimum absolute atomic E-state index is 0.734. The first-order valence-corrected chi connectivity index (χ1v) is 4.89. The molecule has 2 rings (SSSR count). The van der Waals surface area contributed by atoms with Crippen LogP contribution in [0.3, 0.4) is 0 Å². The Morgan fingerprint density at radius 3 is 2.55 bits per heavy atom. The summed E-state index contributed by atoms with van der Waals surface area (Å²) in [7, 11) is 5.92. The van der Waals surface area contributed by atoms with Crippen molar-refractivity contribution in [1.29, 1.82) is 0 Å². The van der Waals surface area contributed by atoms with Crippen LogP contribution in [0.1, 0.15) is 38.5 Å². The maximum absolute atomic E-state index is 5.92. The van der Waals surface area contributed by atoms with Gasteiger partial charge in [0.15, 0.2) is 7.98 Å². The molecule has 1 saturated carbocycles. The predicted octanol–water partition coefficient (Wildman–Crippen LogP) is 1.72. The first-order valence-electron chi connectivity index (χ1n) is 4.89. The number of fused-ring (bicyclic) bond motifs is 1. The molecule has 1 aliphatic carbocycles. The van der Waals surface area contributed by atoms with Crippen LogP contribution in [-0.4, -0.2) is 25.4 Å². The van der Waals surface area contributed by atoms with E-state index in [-0.39, 0.29) is 0 Å². The van der Waals surface area contributed by atoms with Crippen molar-refractivity contribution in [3.63, 3.8) is 0 Å². The molecule has 0 N–H and O–H groups in total. The van der Waals surface area contributed by atoms with Crippen LogP contribution in [0, 0.1) is 5.92 Å². The molecule has 1 heterocycles. The van der Waals surface area contributed by atoms with Crippen molar-refractivity contribution < 1.29 is 0 Å². The Morgan fingerprint density at radius 1 is 1.00 bits per heavy atom. The normalized spacial score (nSPS) is 40.0. The lowest BCUT2D eigenvalue weighted by Crippen LogP contribution is -2.45. The summed E-state index contributed by atoms with van der Waals surface area (Å²) in [6, 6.07) is 0.734. The molecule has 11 heavy (non-hydrogen) atoms. The third-order valence-electron chi connectivity index (χ3n) is 3.29. The predicted molar refractivity (Wildman–Crippen MR) is 47.4 cm³/mol. The Kier molecular flexibility index (Phi) is 2.21. The highest BCUT2D eigenvalue weighted by molar-refractivity contribution is 6.04. The van der Waals surface area contributed by atoms with E-state index in [0.29, 0.717) is 0 Å². The fraction of sp³-hybridized carbons (Fsp3) is 1.00. The summed E-state index contributed by atoms with van der Waals surface area (Å²) in [5.41, 5.74) is 0. The number of piperidine rings is 1. The van der Waals surface area contributed by atoms with Crippen LogP contribution in [-0.2, 0) is 0 Å². The van der Waals surface area contributed by atoms with Gasteiger partial charge in [-0.05, 0) is 38.1 Å². The largest absolute Gasteiger partial charge is 0.351 e. The maximum Gasteiger partial charge on any atom is 0.182 e. The van der Waals surface area contributed by atoms with Gasteiger partial charge in [-0.15, -0.1) is 0 Å². The van der Waals surface area contributed by atoms with Gasteiger partial charge in [0.1, 0.15) is 0 Å². The molecule has 0 bridgehead atoms. The molecular formula is C9H16BN. The molecule has 2 heteroatoms. The molecule has 0 aromatic carbocycles. The van der Waals surface area contributed by atoms with Crippen LogP contribution in [0.5, 0.6) is 0 Å². The van der Waals surface area contributed by atoms with Crippen LogP contribution in [0.15, 0.2) is 0 Å². The molecule has 2 radical (unpaired) electrons. The fourth-order valence-corrected chi connectivity index (χ4v) is 2.66. The minimum Gasteiger partial charge on any atom is -0.351 e. The standard InChI is InChI=1S/C9H16BN/c10-11-7-3-5-8-4-1-2-6-9(8)11/h8-9H,1-7H2/t8-,9+/m0/s1. The Balaban J connectivity index is 1.99. The van der Waals surface area contributed by atoms with Gasteiger partial charge in [-0.2, -0.15) is 0 Å². The van der Waals surface area contributed by atoms with Gasteiger partial charge in [0.2, 0.25) is 0 Å². The van der Waals surface area contributed by atoms with Gasteiger partial charge in [-0.25, -0.2) is 0 Å². The smallest absolute Gasteiger partial charge is 0.182 e. The number of hydrogen-bond acceptors (Lipinski definition) is 1. The van der Waals surface area contributed by atoms with E-state index in [1.54, 1.807) is 0 Å². The van der Waals surface area contributed by atoms with E-state index in [1.165, 1.54) is 38.5 Å². The monoisotopic (exact) mass is 149 g/mol. The van der Waals surface area contributed by atoms with E-state index in [1.807, 2.05) is 0 Å². The summed E-state index contributed by atoms with van der Waals surface area (Å²) < 4.78 is 0. The molecule has 0 amide bonds. The molecule has 1 saturated heterocycles. The lowest BCUT2D eigenvalue weighted by molar-refractivity contribution is 0.132. The summed E-state index contributed by atoms with van der Waals surface area (Å²) in [5.74, 6) is 0.933. The zero-order chi connectivity index (χ0) is 7.68. The van der Waals surface area contributed by atoms with Crippen molar-refractivity contribution in [3.8, 4) is 0 Å². The number of nitrogens with zero attached hydrogens (tertiary/aromatic N) is 1. The third-order valence-corrected chi connectivity index (χ3v) is 3.29. The molecule has 0 spiro atoms. The van der Waals surface area contributed by atoms with Crippen LogP contribution >= 0.6 is 0 Å². The number of hydrogen-bond donors (Lipinski definition) is 0. The maximum atomic E-state index is 5.92. The van der Waals surface area contributed by atoms with Crippen molar-refractivity contribution >= 4 is 7.98 Å². The van der Waals surface area contributed by atoms with E-state index in [9.17, 15) is 0 Å². The van der Waals surface area contributed by atoms with E-state index in [4.69, 9.17) is 7.98 Å². The Hall–Kier alpha value is 0.0249. The van der Waals surface area contributed by atoms with Crippen LogP contribution in [0.2, 0.25) is 0 Å². The average Bonchev–Trinajstić information content (AvgIpc) is 2.06. The van der Waals surface area contributed by atoms with E-state index >= 15 is 0 Å². The van der Waals surface area contributed by atoms with Crippen molar-refractivity contribution in [2.75, 3.05) is 6.54 Å². The average molecular weight is 149 g/mol. The summed E-state index contributed by atoms with van der Waals surface area (Å²) in [4.78, 5) is 2.09. The third kappa shape index (κ3) is 1.46. The molecule has 0 aromatic rings. The molecule has 1 nitrogen and oxygen atoms in total. The first kappa shape index (κ1) is 7.66. The van der Waals surface area contributed by atoms with E-state index < -0.39 is 0 Å². The number of rotatable bonds is 0. The zero-order valence-corrected chi connectivity index (χ0v) is 7.13. The van der Waals surface area contributed by atoms with Gasteiger partial charge in [0.05, 0.1) is 0 Å². The van der Waals surface area contributed by atoms with Crippen molar-refractivity contribution in [2.24, 2.45) is 5.92 Å². The first-order chi connectivity index (χ1) is 5.38. The second kappa shape index (κ2) is 3.18. The van der Waals surface area contributed by atoms with Crippen molar-refractivity contribution in [1.82, 2.24) is 4.81 Å². The summed E-state index contributed by atoms with van der Waals surface area (Å²) in [6.07, 6.45) is 8.36. The zero-order valence-electron chi connectivity index (χ0n) is 7.13. The highest BCUT2D eigenvalue weighted by atomic mass is 15.1. The molecule has 2 atom stereocenters. The molecule has 0 unspecified atom stereocenters. The quantitative estimate of drug-likeness (QED) is 0.474. The second-order valence-electron chi connectivity index (χ2n) is 3.99. The lowest BCUT2D eigenvalue weighted by atomic mass is 9.77. The molecule has 0 aromatic heterocycles. The van der Waals surface area contributed by atoms with E-state index in [0.717, 1.165) is 18.5 Å². The van der Waals surface area contributed by atoms with Crippen LogP contribution in [0.4, 0.5) is 0 Å². The van der Waals surface area contributed by atoms with Gasteiger partial charge in [0.25, 0.3) is 0 Å². The summed E-state index contributed by atoms with van der Waals surface area (Å²) in [5, 5.41) is 0.